The first kappa shape index (κ1) is 15.3. The summed E-state index contributed by atoms with van der Waals surface area (Å²) < 4.78 is 0. The van der Waals surface area contributed by atoms with Gasteiger partial charge in [-0.2, -0.15) is 4.98 Å². The van der Waals surface area contributed by atoms with Crippen molar-refractivity contribution in [2.24, 2.45) is 5.73 Å². The molecular formula is C17H23N7. The van der Waals surface area contributed by atoms with E-state index in [-0.39, 0.29) is 6.04 Å². The summed E-state index contributed by atoms with van der Waals surface area (Å²) in [6, 6.07) is 9.15. The number of anilines is 2. The van der Waals surface area contributed by atoms with E-state index in [4.69, 9.17) is 5.73 Å². The summed E-state index contributed by atoms with van der Waals surface area (Å²) in [5, 5.41) is 3.37. The van der Waals surface area contributed by atoms with Crippen molar-refractivity contribution in [2.75, 3.05) is 36.9 Å². The molecule has 2 aliphatic rings. The molecule has 1 saturated heterocycles. The minimum Gasteiger partial charge on any atom is -0.352 e. The molecule has 3 heterocycles. The quantitative estimate of drug-likeness (QED) is 0.868. The Morgan fingerprint density at radius 3 is 3.00 bits per heavy atom. The van der Waals surface area contributed by atoms with Crippen molar-refractivity contribution in [3.63, 3.8) is 0 Å². The molecule has 0 bridgehead atoms. The van der Waals surface area contributed by atoms with Crippen molar-refractivity contribution in [3.05, 3.63) is 41.7 Å². The number of aromatic nitrogens is 3. The second kappa shape index (κ2) is 6.33. The van der Waals surface area contributed by atoms with Gasteiger partial charge in [0, 0.05) is 32.2 Å². The molecular weight excluding hydrogens is 302 g/mol. The number of nitrogens with two attached hydrogens (primary N) is 1. The third-order valence-electron chi connectivity index (χ3n) is 4.89. The first-order valence-electron chi connectivity index (χ1n) is 8.42. The number of benzene rings is 1. The van der Waals surface area contributed by atoms with E-state index in [1.807, 2.05) is 0 Å². The van der Waals surface area contributed by atoms with Crippen molar-refractivity contribution >= 4 is 11.9 Å². The third-order valence-corrected chi connectivity index (χ3v) is 4.89. The highest BCUT2D eigenvalue weighted by molar-refractivity contribution is 5.39. The largest absolute Gasteiger partial charge is 0.352 e. The average Bonchev–Trinajstić information content (AvgIpc) is 3.16. The number of likely N-dealkylation sites (N-methyl/N-ethyl adjacent to an activating group) is 1. The molecule has 2 unspecified atom stereocenters. The van der Waals surface area contributed by atoms with Crippen molar-refractivity contribution < 1.29 is 0 Å². The zero-order valence-electron chi connectivity index (χ0n) is 13.9. The van der Waals surface area contributed by atoms with Crippen molar-refractivity contribution in [1.29, 1.82) is 0 Å². The lowest BCUT2D eigenvalue weighted by molar-refractivity contribution is 0.278. The lowest BCUT2D eigenvalue weighted by atomic mass is 10.1. The Morgan fingerprint density at radius 1 is 1.29 bits per heavy atom. The maximum Gasteiger partial charge on any atom is 0.230 e. The van der Waals surface area contributed by atoms with Crippen LogP contribution in [0.4, 0.5) is 11.9 Å². The lowest BCUT2D eigenvalue weighted by Crippen LogP contribution is -2.28. The Morgan fingerprint density at radius 2 is 2.17 bits per heavy atom. The molecule has 2 aliphatic heterocycles. The van der Waals surface area contributed by atoms with Crippen LogP contribution in [-0.2, 0) is 6.54 Å². The molecule has 126 valence electrons. The first-order valence-corrected chi connectivity index (χ1v) is 8.42. The van der Waals surface area contributed by atoms with Gasteiger partial charge in [0.15, 0.2) is 0 Å². The van der Waals surface area contributed by atoms with Crippen molar-refractivity contribution in [2.45, 2.75) is 25.0 Å². The molecule has 7 heteroatoms. The van der Waals surface area contributed by atoms with Gasteiger partial charge in [0.2, 0.25) is 11.9 Å². The van der Waals surface area contributed by atoms with Crippen LogP contribution in [0.15, 0.2) is 30.6 Å². The number of hydrogen-bond acceptors (Lipinski definition) is 7. The second-order valence-electron chi connectivity index (χ2n) is 6.61. The Labute approximate surface area is 141 Å². The SMILES string of the molecule is CN1Cc2ccccc2C1CNc1ncnc(N2CCC(N)C2)n1. The van der Waals surface area contributed by atoms with Gasteiger partial charge in [0.05, 0.1) is 6.04 Å². The van der Waals surface area contributed by atoms with Gasteiger partial charge in [-0.25, -0.2) is 9.97 Å². The van der Waals surface area contributed by atoms with Gasteiger partial charge in [0.1, 0.15) is 6.33 Å². The molecule has 0 amide bonds. The molecule has 1 fully saturated rings. The summed E-state index contributed by atoms with van der Waals surface area (Å²) in [4.78, 5) is 17.6. The standard InChI is InChI=1S/C17H23N7/c1-23-9-12-4-2-3-5-14(12)15(23)8-19-16-20-11-21-17(22-16)24-7-6-13(18)10-24/h2-5,11,13,15H,6-10,18H2,1H3,(H,19,20,21,22). The van der Waals surface area contributed by atoms with E-state index in [1.54, 1.807) is 6.33 Å². The van der Waals surface area contributed by atoms with E-state index in [0.29, 0.717) is 17.9 Å². The Bertz CT molecular complexity index is 720. The van der Waals surface area contributed by atoms with E-state index in [2.05, 4.69) is 61.4 Å². The highest BCUT2D eigenvalue weighted by atomic mass is 15.3. The summed E-state index contributed by atoms with van der Waals surface area (Å²) in [6.45, 7) is 3.47. The van der Waals surface area contributed by atoms with Gasteiger partial charge in [-0.05, 0) is 24.6 Å². The normalized spacial score (nSPS) is 23.5. The highest BCUT2D eigenvalue weighted by Gasteiger charge is 2.27. The molecule has 24 heavy (non-hydrogen) atoms. The smallest absolute Gasteiger partial charge is 0.230 e. The predicted molar refractivity (Wildman–Crippen MR) is 93.8 cm³/mol. The number of fused-ring (bicyclic) bond motifs is 1. The third kappa shape index (κ3) is 2.92. The van der Waals surface area contributed by atoms with Crippen molar-refractivity contribution in [1.82, 2.24) is 19.9 Å². The van der Waals surface area contributed by atoms with Crippen molar-refractivity contribution in [3.8, 4) is 0 Å². The zero-order valence-corrected chi connectivity index (χ0v) is 13.9. The fraction of sp³-hybridized carbons (Fsp3) is 0.471. The van der Waals surface area contributed by atoms with E-state index >= 15 is 0 Å². The molecule has 2 atom stereocenters. The minimum absolute atomic E-state index is 0.210. The maximum atomic E-state index is 5.97. The number of rotatable bonds is 4. The highest BCUT2D eigenvalue weighted by Crippen LogP contribution is 2.31. The molecule has 0 aliphatic carbocycles. The fourth-order valence-corrected chi connectivity index (χ4v) is 3.57. The molecule has 3 N–H and O–H groups in total. The van der Waals surface area contributed by atoms with Crippen LogP contribution >= 0.6 is 0 Å². The van der Waals surface area contributed by atoms with Gasteiger partial charge in [0.25, 0.3) is 0 Å². The lowest BCUT2D eigenvalue weighted by Gasteiger charge is -2.21. The molecule has 0 spiro atoms. The van der Waals surface area contributed by atoms with E-state index in [1.165, 1.54) is 11.1 Å². The van der Waals surface area contributed by atoms with Gasteiger partial charge < -0.3 is 16.0 Å². The van der Waals surface area contributed by atoms with Crippen LogP contribution in [0.3, 0.4) is 0 Å². The maximum absolute atomic E-state index is 5.97. The molecule has 2 aromatic rings. The van der Waals surface area contributed by atoms with Crippen LogP contribution < -0.4 is 16.0 Å². The number of nitrogens with zero attached hydrogens (tertiary/aromatic N) is 5. The Kier molecular flexibility index (Phi) is 4.03. The van der Waals surface area contributed by atoms with Gasteiger partial charge in [-0.15, -0.1) is 0 Å². The van der Waals surface area contributed by atoms with Gasteiger partial charge in [-0.3, -0.25) is 4.90 Å². The Balaban J connectivity index is 1.45. The van der Waals surface area contributed by atoms with E-state index < -0.39 is 0 Å². The topological polar surface area (TPSA) is 83.2 Å². The van der Waals surface area contributed by atoms with Crippen LogP contribution in [0.25, 0.3) is 0 Å². The summed E-state index contributed by atoms with van der Waals surface area (Å²) >= 11 is 0. The first-order chi connectivity index (χ1) is 11.7. The number of nitrogens with one attached hydrogen (secondary N) is 1. The number of hydrogen-bond donors (Lipinski definition) is 2. The summed E-state index contributed by atoms with van der Waals surface area (Å²) in [5.74, 6) is 1.33. The zero-order chi connectivity index (χ0) is 16.5. The molecule has 7 nitrogen and oxygen atoms in total. The minimum atomic E-state index is 0.210. The average molecular weight is 325 g/mol. The van der Waals surface area contributed by atoms with Gasteiger partial charge >= 0.3 is 0 Å². The fourth-order valence-electron chi connectivity index (χ4n) is 3.57. The van der Waals surface area contributed by atoms with Crippen LogP contribution in [0.2, 0.25) is 0 Å². The summed E-state index contributed by atoms with van der Waals surface area (Å²) in [7, 11) is 2.15. The van der Waals surface area contributed by atoms with E-state index in [0.717, 1.165) is 32.6 Å². The molecule has 0 saturated carbocycles. The van der Waals surface area contributed by atoms with Crippen LogP contribution in [0.1, 0.15) is 23.6 Å². The van der Waals surface area contributed by atoms with E-state index in [9.17, 15) is 0 Å². The summed E-state index contributed by atoms with van der Waals surface area (Å²) in [6.07, 6.45) is 2.55. The molecule has 0 radical (unpaired) electrons. The molecule has 1 aromatic heterocycles. The predicted octanol–water partition coefficient (Wildman–Crippen LogP) is 1.01. The molecule has 1 aromatic carbocycles. The van der Waals surface area contributed by atoms with Gasteiger partial charge in [-0.1, -0.05) is 24.3 Å². The van der Waals surface area contributed by atoms with Crippen LogP contribution in [0, 0.1) is 0 Å². The molecule has 4 rings (SSSR count). The second-order valence-corrected chi connectivity index (χ2v) is 6.61. The monoisotopic (exact) mass is 325 g/mol. The van der Waals surface area contributed by atoms with Crippen LogP contribution in [-0.4, -0.2) is 52.6 Å². The Hall–Kier alpha value is -2.25. The summed E-state index contributed by atoms with van der Waals surface area (Å²) in [5.41, 5.74) is 8.75. The van der Waals surface area contributed by atoms with Crippen LogP contribution in [0.5, 0.6) is 0 Å².